The van der Waals surface area contributed by atoms with Crippen molar-refractivity contribution in [3.8, 4) is 0 Å². The summed E-state index contributed by atoms with van der Waals surface area (Å²) in [5.41, 5.74) is 0.383. The average molecular weight is 247 g/mol. The number of benzene rings is 1. The van der Waals surface area contributed by atoms with Crippen LogP contribution >= 0.6 is 0 Å². The van der Waals surface area contributed by atoms with Crippen molar-refractivity contribution < 1.29 is 17.9 Å². The van der Waals surface area contributed by atoms with E-state index in [0.29, 0.717) is 5.56 Å². The molecule has 90 valence electrons. The van der Waals surface area contributed by atoms with E-state index in [1.807, 2.05) is 0 Å². The number of aliphatic hydroxyl groups excluding tert-OH is 1. The van der Waals surface area contributed by atoms with Crippen LogP contribution in [0.4, 0.5) is 4.39 Å². The van der Waals surface area contributed by atoms with Gasteiger partial charge in [-0.15, -0.1) is 0 Å². The molecule has 0 aliphatic carbocycles. The number of sulfonamides is 1. The smallest absolute Gasteiger partial charge is 0.240 e. The fourth-order valence-electron chi connectivity index (χ4n) is 1.11. The van der Waals surface area contributed by atoms with Crippen molar-refractivity contribution in [2.75, 3.05) is 6.61 Å². The first kappa shape index (κ1) is 13.1. The molecule has 1 atom stereocenters. The van der Waals surface area contributed by atoms with Crippen molar-refractivity contribution in [3.63, 3.8) is 0 Å². The topological polar surface area (TPSA) is 66.4 Å². The molecule has 0 radical (unpaired) electrons. The Hall–Kier alpha value is -0.980. The highest BCUT2D eigenvalue weighted by Crippen LogP contribution is 2.14. The van der Waals surface area contributed by atoms with E-state index >= 15 is 0 Å². The zero-order valence-electron chi connectivity index (χ0n) is 9.07. The summed E-state index contributed by atoms with van der Waals surface area (Å²) in [7, 11) is -3.76. The van der Waals surface area contributed by atoms with Crippen LogP contribution in [0.15, 0.2) is 23.1 Å². The van der Waals surface area contributed by atoms with Crippen molar-refractivity contribution in [3.05, 3.63) is 29.6 Å². The first-order valence-electron chi connectivity index (χ1n) is 4.76. The standard InChI is InChI=1S/C10H14FNO3S/c1-7-3-4-9(5-10(7)11)16(14,15)12-8(2)6-13/h3-5,8,12-13H,6H2,1-2H3. The predicted octanol–water partition coefficient (Wildman–Crippen LogP) is 0.793. The van der Waals surface area contributed by atoms with Gasteiger partial charge in [-0.1, -0.05) is 6.07 Å². The molecular formula is C10H14FNO3S. The van der Waals surface area contributed by atoms with Gasteiger partial charge in [0.2, 0.25) is 10.0 Å². The lowest BCUT2D eigenvalue weighted by molar-refractivity contribution is 0.265. The van der Waals surface area contributed by atoms with Crippen molar-refractivity contribution in [2.24, 2.45) is 0 Å². The van der Waals surface area contributed by atoms with Crippen molar-refractivity contribution in [2.45, 2.75) is 24.8 Å². The Kier molecular flexibility index (Phi) is 4.01. The third kappa shape index (κ3) is 3.01. The molecule has 0 saturated carbocycles. The van der Waals surface area contributed by atoms with E-state index in [0.717, 1.165) is 6.07 Å². The Balaban J connectivity index is 3.03. The van der Waals surface area contributed by atoms with Crippen LogP contribution in [-0.4, -0.2) is 26.2 Å². The first-order valence-corrected chi connectivity index (χ1v) is 6.24. The second-order valence-corrected chi connectivity index (χ2v) is 5.33. The van der Waals surface area contributed by atoms with Crippen molar-refractivity contribution in [1.29, 1.82) is 0 Å². The summed E-state index contributed by atoms with van der Waals surface area (Å²) in [5, 5.41) is 8.74. The van der Waals surface area contributed by atoms with Gasteiger partial charge in [-0.05, 0) is 31.5 Å². The summed E-state index contributed by atoms with van der Waals surface area (Å²) in [4.78, 5) is -0.143. The monoisotopic (exact) mass is 247 g/mol. The summed E-state index contributed by atoms with van der Waals surface area (Å²) in [6.07, 6.45) is 0. The van der Waals surface area contributed by atoms with Gasteiger partial charge in [-0.3, -0.25) is 0 Å². The molecule has 1 rings (SSSR count). The molecule has 1 aromatic rings. The molecule has 0 fully saturated rings. The maximum atomic E-state index is 13.2. The average Bonchev–Trinajstić information content (AvgIpc) is 2.21. The van der Waals surface area contributed by atoms with Gasteiger partial charge in [0.25, 0.3) is 0 Å². The molecule has 0 aromatic heterocycles. The van der Waals surface area contributed by atoms with Crippen LogP contribution in [0.5, 0.6) is 0 Å². The number of hydrogen-bond donors (Lipinski definition) is 2. The number of rotatable bonds is 4. The normalized spacial score (nSPS) is 13.8. The van der Waals surface area contributed by atoms with Gasteiger partial charge >= 0.3 is 0 Å². The molecule has 6 heteroatoms. The summed E-state index contributed by atoms with van der Waals surface area (Å²) < 4.78 is 38.8. The fourth-order valence-corrected chi connectivity index (χ4v) is 2.36. The molecule has 1 unspecified atom stereocenters. The highest BCUT2D eigenvalue weighted by Gasteiger charge is 2.17. The van der Waals surface area contributed by atoms with Crippen LogP contribution in [0.25, 0.3) is 0 Å². The molecular weight excluding hydrogens is 233 g/mol. The summed E-state index contributed by atoms with van der Waals surface area (Å²) >= 11 is 0. The van der Waals surface area contributed by atoms with Crippen LogP contribution in [0.1, 0.15) is 12.5 Å². The number of nitrogens with one attached hydrogen (secondary N) is 1. The Morgan fingerprint density at radius 1 is 1.50 bits per heavy atom. The summed E-state index contributed by atoms with van der Waals surface area (Å²) in [6.45, 7) is 2.76. The van der Waals surface area contributed by atoms with E-state index in [-0.39, 0.29) is 11.5 Å². The third-order valence-corrected chi connectivity index (χ3v) is 3.67. The van der Waals surface area contributed by atoms with Crippen LogP contribution < -0.4 is 4.72 Å². The predicted molar refractivity (Wildman–Crippen MR) is 58.0 cm³/mol. The number of hydrogen-bond acceptors (Lipinski definition) is 3. The van der Waals surface area contributed by atoms with E-state index < -0.39 is 21.9 Å². The van der Waals surface area contributed by atoms with Crippen molar-refractivity contribution >= 4 is 10.0 Å². The second kappa shape index (κ2) is 4.90. The highest BCUT2D eigenvalue weighted by molar-refractivity contribution is 7.89. The summed E-state index contributed by atoms with van der Waals surface area (Å²) in [6, 6.07) is 3.08. The molecule has 2 N–H and O–H groups in total. The maximum absolute atomic E-state index is 13.2. The third-order valence-electron chi connectivity index (χ3n) is 2.08. The molecule has 0 saturated heterocycles. The Morgan fingerprint density at radius 2 is 2.12 bits per heavy atom. The van der Waals surface area contributed by atoms with Crippen LogP contribution in [0.3, 0.4) is 0 Å². The van der Waals surface area contributed by atoms with E-state index in [1.54, 1.807) is 6.92 Å². The molecule has 1 aromatic carbocycles. The number of aliphatic hydroxyl groups is 1. The molecule has 4 nitrogen and oxygen atoms in total. The van der Waals surface area contributed by atoms with Gasteiger partial charge in [0, 0.05) is 6.04 Å². The molecule has 16 heavy (non-hydrogen) atoms. The van der Waals surface area contributed by atoms with Crippen LogP contribution in [0, 0.1) is 12.7 Å². The van der Waals surface area contributed by atoms with Gasteiger partial charge in [0.15, 0.2) is 0 Å². The largest absolute Gasteiger partial charge is 0.395 e. The highest BCUT2D eigenvalue weighted by atomic mass is 32.2. The lowest BCUT2D eigenvalue weighted by atomic mass is 10.2. The Bertz CT molecular complexity index is 473. The minimum Gasteiger partial charge on any atom is -0.395 e. The van der Waals surface area contributed by atoms with Gasteiger partial charge in [0.1, 0.15) is 5.82 Å². The molecule has 0 heterocycles. The lowest BCUT2D eigenvalue weighted by Crippen LogP contribution is -2.35. The zero-order valence-corrected chi connectivity index (χ0v) is 9.88. The number of halogens is 1. The Labute approximate surface area is 94.2 Å². The molecule has 0 aliphatic heterocycles. The van der Waals surface area contributed by atoms with Gasteiger partial charge in [-0.25, -0.2) is 17.5 Å². The zero-order chi connectivity index (χ0) is 12.3. The Morgan fingerprint density at radius 3 is 2.62 bits per heavy atom. The SMILES string of the molecule is Cc1ccc(S(=O)(=O)NC(C)CO)cc1F. The minimum absolute atomic E-state index is 0.143. The van der Waals surface area contributed by atoms with Gasteiger partial charge < -0.3 is 5.11 Å². The summed E-state index contributed by atoms with van der Waals surface area (Å²) in [5.74, 6) is -0.570. The molecule has 0 amide bonds. The second-order valence-electron chi connectivity index (χ2n) is 3.62. The van der Waals surface area contributed by atoms with E-state index in [9.17, 15) is 12.8 Å². The quantitative estimate of drug-likeness (QED) is 0.826. The van der Waals surface area contributed by atoms with E-state index in [2.05, 4.69) is 4.72 Å². The molecule has 0 aliphatic rings. The van der Waals surface area contributed by atoms with Gasteiger partial charge in [0.05, 0.1) is 11.5 Å². The van der Waals surface area contributed by atoms with Crippen LogP contribution in [0.2, 0.25) is 0 Å². The maximum Gasteiger partial charge on any atom is 0.240 e. The van der Waals surface area contributed by atoms with Crippen molar-refractivity contribution in [1.82, 2.24) is 4.72 Å². The fraction of sp³-hybridized carbons (Fsp3) is 0.400. The minimum atomic E-state index is -3.76. The lowest BCUT2D eigenvalue weighted by Gasteiger charge is -2.11. The number of aryl methyl sites for hydroxylation is 1. The van der Waals surface area contributed by atoms with E-state index in [4.69, 9.17) is 5.11 Å². The molecule has 0 spiro atoms. The van der Waals surface area contributed by atoms with Crippen LogP contribution in [-0.2, 0) is 10.0 Å². The van der Waals surface area contributed by atoms with Gasteiger partial charge in [-0.2, -0.15) is 0 Å². The molecule has 0 bridgehead atoms. The van der Waals surface area contributed by atoms with E-state index in [1.165, 1.54) is 19.1 Å². The first-order chi connectivity index (χ1) is 7.36.